The van der Waals surface area contributed by atoms with Gasteiger partial charge in [0.1, 0.15) is 5.75 Å². The average Bonchev–Trinajstić information content (AvgIpc) is 2.72. The first-order valence-electron chi connectivity index (χ1n) is 9.11. The minimum absolute atomic E-state index is 0.158. The topological polar surface area (TPSA) is 75.7 Å². The number of hydrogen-bond acceptors (Lipinski definition) is 4. The molecule has 0 aromatic heterocycles. The molecule has 0 aliphatic rings. The van der Waals surface area contributed by atoms with Crippen molar-refractivity contribution in [2.75, 3.05) is 22.5 Å². The van der Waals surface area contributed by atoms with Gasteiger partial charge >= 0.3 is 0 Å². The van der Waals surface area contributed by atoms with E-state index in [-0.39, 0.29) is 19.1 Å². The molecule has 8 heteroatoms. The van der Waals surface area contributed by atoms with Crippen LogP contribution in [0, 0.1) is 0 Å². The van der Waals surface area contributed by atoms with Crippen LogP contribution in [0.3, 0.4) is 0 Å². The van der Waals surface area contributed by atoms with Crippen LogP contribution in [0.1, 0.15) is 5.56 Å². The van der Waals surface area contributed by atoms with Gasteiger partial charge in [0.05, 0.1) is 18.5 Å². The van der Waals surface area contributed by atoms with Crippen LogP contribution in [0.5, 0.6) is 5.75 Å². The molecule has 0 saturated carbocycles. The van der Waals surface area contributed by atoms with Crippen LogP contribution >= 0.6 is 11.6 Å². The van der Waals surface area contributed by atoms with E-state index in [4.69, 9.17) is 16.3 Å². The molecule has 0 aliphatic carbocycles. The Morgan fingerprint density at radius 3 is 2.20 bits per heavy atom. The number of carbonyl (C=O) groups is 1. The maximum atomic E-state index is 12.3. The third-order valence-corrected chi connectivity index (χ3v) is 5.58. The van der Waals surface area contributed by atoms with Crippen molar-refractivity contribution in [1.29, 1.82) is 0 Å². The number of nitrogens with zero attached hydrogens (tertiary/aromatic N) is 1. The summed E-state index contributed by atoms with van der Waals surface area (Å²) in [6.07, 6.45) is 1.15. The molecule has 156 valence electrons. The summed E-state index contributed by atoms with van der Waals surface area (Å²) in [6.45, 7) is 0.0183. The molecule has 3 aromatic carbocycles. The Bertz CT molecular complexity index is 1090. The quantitative estimate of drug-likeness (QED) is 0.561. The van der Waals surface area contributed by atoms with Gasteiger partial charge in [0.15, 0.2) is 6.61 Å². The van der Waals surface area contributed by atoms with Gasteiger partial charge in [-0.2, -0.15) is 0 Å². The highest BCUT2D eigenvalue weighted by Crippen LogP contribution is 2.24. The average molecular weight is 445 g/mol. The van der Waals surface area contributed by atoms with Crippen molar-refractivity contribution in [3.8, 4) is 5.75 Å². The first kappa shape index (κ1) is 21.7. The lowest BCUT2D eigenvalue weighted by molar-refractivity contribution is -0.118. The third-order valence-electron chi connectivity index (χ3n) is 4.19. The van der Waals surface area contributed by atoms with Crippen LogP contribution in [0.2, 0.25) is 5.02 Å². The molecule has 30 heavy (non-hydrogen) atoms. The van der Waals surface area contributed by atoms with Crippen molar-refractivity contribution >= 4 is 38.9 Å². The second-order valence-corrected chi connectivity index (χ2v) is 8.94. The summed E-state index contributed by atoms with van der Waals surface area (Å²) >= 11 is 5.90. The largest absolute Gasteiger partial charge is 0.484 e. The number of sulfonamides is 1. The highest BCUT2D eigenvalue weighted by molar-refractivity contribution is 7.92. The number of para-hydroxylation sites is 1. The van der Waals surface area contributed by atoms with Gasteiger partial charge in [0.25, 0.3) is 5.91 Å². The van der Waals surface area contributed by atoms with Crippen LogP contribution in [0.4, 0.5) is 11.4 Å². The van der Waals surface area contributed by atoms with E-state index >= 15 is 0 Å². The number of halogens is 1. The predicted molar refractivity (Wildman–Crippen MR) is 119 cm³/mol. The van der Waals surface area contributed by atoms with Crippen LogP contribution < -0.4 is 14.4 Å². The number of anilines is 2. The summed E-state index contributed by atoms with van der Waals surface area (Å²) in [5.41, 5.74) is 1.99. The van der Waals surface area contributed by atoms with E-state index in [0.717, 1.165) is 11.8 Å². The molecule has 3 rings (SSSR count). The van der Waals surface area contributed by atoms with Crippen molar-refractivity contribution in [2.24, 2.45) is 0 Å². The monoisotopic (exact) mass is 444 g/mol. The van der Waals surface area contributed by atoms with Gasteiger partial charge in [-0.15, -0.1) is 0 Å². The molecule has 6 nitrogen and oxygen atoms in total. The fourth-order valence-electron chi connectivity index (χ4n) is 2.73. The number of nitrogens with one attached hydrogen (secondary N) is 1. The van der Waals surface area contributed by atoms with Crippen molar-refractivity contribution in [1.82, 2.24) is 0 Å². The van der Waals surface area contributed by atoms with Crippen LogP contribution in [0.15, 0.2) is 78.9 Å². The molecule has 0 aliphatic heterocycles. The van der Waals surface area contributed by atoms with E-state index in [1.54, 1.807) is 60.7 Å². The van der Waals surface area contributed by atoms with E-state index in [1.807, 2.05) is 18.2 Å². The number of benzene rings is 3. The molecule has 0 atom stereocenters. The molecule has 1 amide bonds. The molecule has 1 N–H and O–H groups in total. The van der Waals surface area contributed by atoms with E-state index in [9.17, 15) is 13.2 Å². The van der Waals surface area contributed by atoms with Gasteiger partial charge < -0.3 is 10.1 Å². The molecule has 0 bridgehead atoms. The third kappa shape index (κ3) is 6.23. The second-order valence-electron chi connectivity index (χ2n) is 6.59. The second kappa shape index (κ2) is 9.65. The van der Waals surface area contributed by atoms with Crippen molar-refractivity contribution in [3.63, 3.8) is 0 Å². The fourth-order valence-corrected chi connectivity index (χ4v) is 3.75. The van der Waals surface area contributed by atoms with Gasteiger partial charge in [-0.1, -0.05) is 41.9 Å². The summed E-state index contributed by atoms with van der Waals surface area (Å²) in [5, 5.41) is 3.32. The Morgan fingerprint density at radius 1 is 0.967 bits per heavy atom. The standard InChI is InChI=1S/C22H21ClN2O4S/c1-30(27,28)25(15-17-7-9-18(23)10-8-17)20-11-13-21(14-12-20)29-16-22(26)24-19-5-3-2-4-6-19/h2-14H,15-16H2,1H3,(H,24,26). The highest BCUT2D eigenvalue weighted by Gasteiger charge is 2.18. The van der Waals surface area contributed by atoms with E-state index in [2.05, 4.69) is 5.32 Å². The molecular formula is C22H21ClN2O4S. The molecule has 0 radical (unpaired) electrons. The molecular weight excluding hydrogens is 424 g/mol. The number of amides is 1. The lowest BCUT2D eigenvalue weighted by atomic mass is 10.2. The summed E-state index contributed by atoms with van der Waals surface area (Å²) < 4.78 is 31.4. The zero-order valence-electron chi connectivity index (χ0n) is 16.3. The van der Waals surface area contributed by atoms with Gasteiger partial charge in [0, 0.05) is 10.7 Å². The highest BCUT2D eigenvalue weighted by atomic mass is 35.5. The molecule has 0 fully saturated rings. The van der Waals surface area contributed by atoms with Gasteiger partial charge in [0.2, 0.25) is 10.0 Å². The zero-order chi connectivity index (χ0) is 21.6. The molecule has 0 spiro atoms. The lowest BCUT2D eigenvalue weighted by Gasteiger charge is -2.23. The van der Waals surface area contributed by atoms with Crippen LogP contribution in [-0.2, 0) is 21.4 Å². The first-order valence-corrected chi connectivity index (χ1v) is 11.3. The Balaban J connectivity index is 1.64. The smallest absolute Gasteiger partial charge is 0.262 e. The normalized spacial score (nSPS) is 11.0. The Labute approximate surface area is 181 Å². The van der Waals surface area contributed by atoms with E-state index in [1.165, 1.54) is 4.31 Å². The summed E-state index contributed by atoms with van der Waals surface area (Å²) in [7, 11) is -3.50. The van der Waals surface area contributed by atoms with Crippen LogP contribution in [0.25, 0.3) is 0 Å². The number of hydrogen-bond donors (Lipinski definition) is 1. The molecule has 3 aromatic rings. The summed E-state index contributed by atoms with van der Waals surface area (Å²) in [5.74, 6) is 0.174. The van der Waals surface area contributed by atoms with Crippen LogP contribution in [-0.4, -0.2) is 27.2 Å². The first-order chi connectivity index (χ1) is 14.3. The van der Waals surface area contributed by atoms with E-state index < -0.39 is 10.0 Å². The Hall–Kier alpha value is -3.03. The summed E-state index contributed by atoms with van der Waals surface area (Å²) in [6, 6.07) is 22.6. The van der Waals surface area contributed by atoms with Crippen molar-refractivity contribution in [2.45, 2.75) is 6.54 Å². The lowest BCUT2D eigenvalue weighted by Crippen LogP contribution is -2.29. The van der Waals surface area contributed by atoms with Gasteiger partial charge in [-0.05, 0) is 54.1 Å². The molecule has 0 heterocycles. The van der Waals surface area contributed by atoms with Crippen molar-refractivity contribution in [3.05, 3.63) is 89.4 Å². The minimum atomic E-state index is -3.50. The Morgan fingerprint density at radius 2 is 1.60 bits per heavy atom. The van der Waals surface area contributed by atoms with E-state index in [0.29, 0.717) is 22.1 Å². The fraction of sp³-hybridized carbons (Fsp3) is 0.136. The van der Waals surface area contributed by atoms with Crippen molar-refractivity contribution < 1.29 is 17.9 Å². The van der Waals surface area contributed by atoms with Gasteiger partial charge in [-0.25, -0.2) is 8.42 Å². The number of ether oxygens (including phenoxy) is 1. The Kier molecular flexibility index (Phi) is 6.97. The predicted octanol–water partition coefficient (Wildman–Crippen LogP) is 4.32. The number of carbonyl (C=O) groups excluding carboxylic acids is 1. The minimum Gasteiger partial charge on any atom is -0.484 e. The maximum absolute atomic E-state index is 12.3. The molecule has 0 unspecified atom stereocenters. The van der Waals surface area contributed by atoms with Gasteiger partial charge in [-0.3, -0.25) is 9.10 Å². The number of rotatable bonds is 8. The zero-order valence-corrected chi connectivity index (χ0v) is 17.9. The molecule has 0 saturated heterocycles. The maximum Gasteiger partial charge on any atom is 0.262 e. The SMILES string of the molecule is CS(=O)(=O)N(Cc1ccc(Cl)cc1)c1ccc(OCC(=O)Nc2ccccc2)cc1. The summed E-state index contributed by atoms with van der Waals surface area (Å²) in [4.78, 5) is 12.0.